The molecule has 0 rings (SSSR count). The van der Waals surface area contributed by atoms with Gasteiger partial charge in [0.15, 0.2) is 0 Å². The van der Waals surface area contributed by atoms with Crippen LogP contribution in [0.2, 0.25) is 0 Å². The number of rotatable bonds is 2. The molecule has 0 aliphatic heterocycles. The van der Waals surface area contributed by atoms with Gasteiger partial charge < -0.3 is 0 Å². The molecule has 0 aliphatic rings. The summed E-state index contributed by atoms with van der Waals surface area (Å²) in [5, 5.41) is -0.385. The van der Waals surface area contributed by atoms with Gasteiger partial charge in [0.2, 0.25) is 5.24 Å². The van der Waals surface area contributed by atoms with E-state index in [9.17, 15) is 4.79 Å². The van der Waals surface area contributed by atoms with Crippen LogP contribution in [0.1, 0.15) is 20.3 Å². The van der Waals surface area contributed by atoms with E-state index in [-0.39, 0.29) is 5.24 Å². The Balaban J connectivity index is 3.75. The molecule has 0 N–H and O–H groups in total. The molecule has 0 aromatic rings. The molecule has 0 saturated carbocycles. The average Bonchev–Trinajstić information content (AvgIpc) is 1.65. The molecule has 0 saturated heterocycles. The number of allylic oxidation sites excluding steroid dienone is 2. The topological polar surface area (TPSA) is 17.1 Å². The van der Waals surface area contributed by atoms with E-state index in [0.29, 0.717) is 0 Å². The first-order valence-electron chi connectivity index (χ1n) is 2.53. The first-order valence-corrected chi connectivity index (χ1v) is 2.91. The predicted molar refractivity (Wildman–Crippen MR) is 34.9 cm³/mol. The maximum absolute atomic E-state index is 10.1. The summed E-state index contributed by atoms with van der Waals surface area (Å²) >= 11 is 5.04. The van der Waals surface area contributed by atoms with E-state index in [1.807, 2.05) is 13.8 Å². The smallest absolute Gasteiger partial charge is 0.245 e. The molecule has 0 amide bonds. The van der Waals surface area contributed by atoms with Gasteiger partial charge in [-0.1, -0.05) is 12.5 Å². The van der Waals surface area contributed by atoms with Gasteiger partial charge in [0.25, 0.3) is 0 Å². The second-order valence-electron chi connectivity index (χ2n) is 1.65. The van der Waals surface area contributed by atoms with Crippen molar-refractivity contribution in [3.63, 3.8) is 0 Å². The van der Waals surface area contributed by atoms with E-state index in [0.717, 1.165) is 12.0 Å². The summed E-state index contributed by atoms with van der Waals surface area (Å²) in [6.07, 6.45) is 2.32. The summed E-state index contributed by atoms with van der Waals surface area (Å²) in [5.41, 5.74) is 1.02. The van der Waals surface area contributed by atoms with Crippen LogP contribution in [-0.4, -0.2) is 5.24 Å². The van der Waals surface area contributed by atoms with Gasteiger partial charge in [-0.2, -0.15) is 0 Å². The van der Waals surface area contributed by atoms with E-state index in [2.05, 4.69) is 0 Å². The molecule has 0 atom stereocenters. The van der Waals surface area contributed by atoms with E-state index in [1.165, 1.54) is 6.08 Å². The molecular formula is C6H9ClO. The molecule has 0 unspecified atom stereocenters. The van der Waals surface area contributed by atoms with Crippen LogP contribution in [0.15, 0.2) is 11.6 Å². The molecule has 0 fully saturated rings. The second kappa shape index (κ2) is 3.67. The van der Waals surface area contributed by atoms with Gasteiger partial charge in [-0.15, -0.1) is 0 Å². The molecule has 0 bridgehead atoms. The van der Waals surface area contributed by atoms with Crippen molar-refractivity contribution in [2.75, 3.05) is 0 Å². The van der Waals surface area contributed by atoms with Gasteiger partial charge in [0.05, 0.1) is 0 Å². The SMILES string of the molecule is CC/C(C)=C/C(=O)Cl. The van der Waals surface area contributed by atoms with Crippen molar-refractivity contribution in [3.05, 3.63) is 11.6 Å². The van der Waals surface area contributed by atoms with Gasteiger partial charge in [-0.25, -0.2) is 0 Å². The number of carbonyl (C=O) groups is 1. The lowest BCUT2D eigenvalue weighted by atomic mass is 10.2. The highest BCUT2D eigenvalue weighted by molar-refractivity contribution is 6.66. The Kier molecular flexibility index (Phi) is 3.53. The Morgan fingerprint density at radius 1 is 1.75 bits per heavy atom. The van der Waals surface area contributed by atoms with Gasteiger partial charge in [-0.3, -0.25) is 4.79 Å². The first-order chi connectivity index (χ1) is 3.66. The van der Waals surface area contributed by atoms with Gasteiger partial charge in [-0.05, 0) is 31.0 Å². The zero-order valence-corrected chi connectivity index (χ0v) is 5.83. The summed E-state index contributed by atoms with van der Waals surface area (Å²) < 4.78 is 0. The quantitative estimate of drug-likeness (QED) is 0.416. The Labute approximate surface area is 54.3 Å². The zero-order chi connectivity index (χ0) is 6.57. The van der Waals surface area contributed by atoms with Gasteiger partial charge in [0.1, 0.15) is 0 Å². The zero-order valence-electron chi connectivity index (χ0n) is 5.07. The fraction of sp³-hybridized carbons (Fsp3) is 0.500. The molecule has 0 aromatic carbocycles. The summed E-state index contributed by atoms with van der Waals surface area (Å²) in [6, 6.07) is 0. The molecule has 0 spiro atoms. The molecule has 0 aromatic heterocycles. The van der Waals surface area contributed by atoms with E-state index in [4.69, 9.17) is 11.6 Å². The van der Waals surface area contributed by atoms with Crippen LogP contribution >= 0.6 is 11.6 Å². The van der Waals surface area contributed by atoms with Crippen LogP contribution in [0.5, 0.6) is 0 Å². The van der Waals surface area contributed by atoms with Crippen molar-refractivity contribution >= 4 is 16.8 Å². The number of hydrogen-bond donors (Lipinski definition) is 0. The average molecular weight is 133 g/mol. The molecule has 2 heteroatoms. The minimum Gasteiger partial charge on any atom is -0.276 e. The highest BCUT2D eigenvalue weighted by atomic mass is 35.5. The normalized spacial score (nSPS) is 11.6. The monoisotopic (exact) mass is 132 g/mol. The molecule has 1 nitrogen and oxygen atoms in total. The lowest BCUT2D eigenvalue weighted by molar-refractivity contribution is -0.107. The van der Waals surface area contributed by atoms with E-state index in [1.54, 1.807) is 0 Å². The maximum Gasteiger partial charge on any atom is 0.245 e. The third kappa shape index (κ3) is 3.88. The van der Waals surface area contributed by atoms with Crippen molar-refractivity contribution in [2.24, 2.45) is 0 Å². The molecular weight excluding hydrogens is 124 g/mol. The number of hydrogen-bond acceptors (Lipinski definition) is 1. The number of carbonyl (C=O) groups excluding carboxylic acids is 1. The van der Waals surface area contributed by atoms with E-state index >= 15 is 0 Å². The third-order valence-electron chi connectivity index (χ3n) is 0.918. The second-order valence-corrected chi connectivity index (χ2v) is 2.02. The molecule has 0 radical (unpaired) electrons. The van der Waals surface area contributed by atoms with Crippen molar-refractivity contribution in [1.29, 1.82) is 0 Å². The van der Waals surface area contributed by atoms with Crippen LogP contribution in [-0.2, 0) is 4.79 Å². The maximum atomic E-state index is 10.1. The highest BCUT2D eigenvalue weighted by Crippen LogP contribution is 1.98. The van der Waals surface area contributed by atoms with Crippen molar-refractivity contribution in [3.8, 4) is 0 Å². The summed E-state index contributed by atoms with van der Waals surface area (Å²) in [4.78, 5) is 10.1. The fourth-order valence-corrected chi connectivity index (χ4v) is 0.482. The first kappa shape index (κ1) is 7.70. The highest BCUT2D eigenvalue weighted by Gasteiger charge is 1.87. The minimum atomic E-state index is -0.385. The van der Waals surface area contributed by atoms with Crippen LogP contribution < -0.4 is 0 Å². The molecule has 0 heterocycles. The van der Waals surface area contributed by atoms with Crippen molar-refractivity contribution in [1.82, 2.24) is 0 Å². The molecule has 8 heavy (non-hydrogen) atoms. The lowest BCUT2D eigenvalue weighted by Crippen LogP contribution is -1.79. The van der Waals surface area contributed by atoms with Crippen LogP contribution in [0, 0.1) is 0 Å². The Hall–Kier alpha value is -0.300. The number of halogens is 1. The van der Waals surface area contributed by atoms with Gasteiger partial charge in [0, 0.05) is 0 Å². The minimum absolute atomic E-state index is 0.385. The van der Waals surface area contributed by atoms with Crippen LogP contribution in [0.3, 0.4) is 0 Å². The predicted octanol–water partition coefficient (Wildman–Crippen LogP) is 2.11. The fourth-order valence-electron chi connectivity index (χ4n) is 0.296. The Morgan fingerprint density at radius 3 is 2.38 bits per heavy atom. The van der Waals surface area contributed by atoms with Crippen molar-refractivity contribution in [2.45, 2.75) is 20.3 Å². The summed E-state index contributed by atoms with van der Waals surface area (Å²) in [6.45, 7) is 3.85. The van der Waals surface area contributed by atoms with Crippen LogP contribution in [0.4, 0.5) is 0 Å². The van der Waals surface area contributed by atoms with Crippen LogP contribution in [0.25, 0.3) is 0 Å². The van der Waals surface area contributed by atoms with Gasteiger partial charge >= 0.3 is 0 Å². The van der Waals surface area contributed by atoms with Crippen molar-refractivity contribution < 1.29 is 4.79 Å². The Bertz CT molecular complexity index is 116. The summed E-state index contributed by atoms with van der Waals surface area (Å²) in [5.74, 6) is 0. The van der Waals surface area contributed by atoms with E-state index < -0.39 is 0 Å². The largest absolute Gasteiger partial charge is 0.276 e. The Morgan fingerprint density at radius 2 is 2.25 bits per heavy atom. The lowest BCUT2D eigenvalue weighted by Gasteiger charge is -1.87. The third-order valence-corrected chi connectivity index (χ3v) is 1.03. The molecule has 0 aliphatic carbocycles. The standard InChI is InChI=1S/C6H9ClO/c1-3-5(2)4-6(7)8/h4H,3H2,1-2H3/b5-4+. The molecule has 46 valence electrons. The summed E-state index contributed by atoms with van der Waals surface area (Å²) in [7, 11) is 0.